The number of benzene rings is 1. The van der Waals surface area contributed by atoms with Gasteiger partial charge in [0, 0.05) is 39.3 Å². The second-order valence-corrected chi connectivity index (χ2v) is 8.46. The van der Waals surface area contributed by atoms with Crippen molar-refractivity contribution in [3.05, 3.63) is 29.8 Å². The van der Waals surface area contributed by atoms with Crippen LogP contribution in [0.2, 0.25) is 0 Å². The zero-order valence-corrected chi connectivity index (χ0v) is 16.6. The molecule has 0 spiro atoms. The molecule has 0 unspecified atom stereocenters. The molecule has 2 saturated heterocycles. The lowest BCUT2D eigenvalue weighted by atomic mass is 10.1. The Labute approximate surface area is 162 Å². The second-order valence-electron chi connectivity index (χ2n) is 8.46. The molecule has 2 aliphatic heterocycles. The minimum atomic E-state index is -0.524. The minimum Gasteiger partial charge on any atom is -0.491 e. The van der Waals surface area contributed by atoms with E-state index in [1.807, 2.05) is 12.1 Å². The summed E-state index contributed by atoms with van der Waals surface area (Å²) in [4.78, 5) is 4.60. The molecular formula is C21H34N2O4. The molecule has 2 N–H and O–H groups in total. The number of rotatable bonds is 7. The highest BCUT2D eigenvalue weighted by atomic mass is 16.5. The molecule has 0 radical (unpaired) electrons. The standard InChI is InChI=1S/C21H34N2O4/c1-21(2)16-23(10-11-27-21)13-17-4-3-5-20(12-17)26-15-19(25)14-22-8-6-18(24)7-9-22/h3-5,12,18-19,24-25H,6-11,13-16H2,1-2H3/t19-/m0/s1. The lowest BCUT2D eigenvalue weighted by Crippen LogP contribution is -2.47. The first-order valence-corrected chi connectivity index (χ1v) is 10.1. The van der Waals surface area contributed by atoms with Gasteiger partial charge in [0.25, 0.3) is 0 Å². The highest BCUT2D eigenvalue weighted by molar-refractivity contribution is 5.28. The number of ether oxygens (including phenoxy) is 2. The van der Waals surface area contributed by atoms with Gasteiger partial charge in [-0.15, -0.1) is 0 Å². The molecule has 2 fully saturated rings. The Morgan fingerprint density at radius 1 is 1.22 bits per heavy atom. The van der Waals surface area contributed by atoms with Crippen LogP contribution >= 0.6 is 0 Å². The minimum absolute atomic E-state index is 0.0963. The topological polar surface area (TPSA) is 65.4 Å². The van der Waals surface area contributed by atoms with Crippen LogP contribution in [0, 0.1) is 0 Å². The zero-order valence-electron chi connectivity index (χ0n) is 16.6. The van der Waals surface area contributed by atoms with E-state index < -0.39 is 6.10 Å². The van der Waals surface area contributed by atoms with Gasteiger partial charge in [0.05, 0.1) is 18.3 Å². The van der Waals surface area contributed by atoms with Crippen molar-refractivity contribution in [3.63, 3.8) is 0 Å². The predicted molar refractivity (Wildman–Crippen MR) is 105 cm³/mol. The summed E-state index contributed by atoms with van der Waals surface area (Å²) in [5, 5.41) is 19.8. The van der Waals surface area contributed by atoms with Crippen LogP contribution in [0.4, 0.5) is 0 Å². The highest BCUT2D eigenvalue weighted by Gasteiger charge is 2.27. The third kappa shape index (κ3) is 6.73. The third-order valence-electron chi connectivity index (χ3n) is 5.28. The van der Waals surface area contributed by atoms with Gasteiger partial charge in [-0.3, -0.25) is 4.90 Å². The van der Waals surface area contributed by atoms with Gasteiger partial charge >= 0.3 is 0 Å². The Balaban J connectivity index is 1.44. The Bertz CT molecular complexity index is 587. The summed E-state index contributed by atoms with van der Waals surface area (Å²) in [7, 11) is 0. The molecular weight excluding hydrogens is 344 g/mol. The zero-order chi connectivity index (χ0) is 19.3. The van der Waals surface area contributed by atoms with E-state index in [4.69, 9.17) is 9.47 Å². The van der Waals surface area contributed by atoms with Crippen molar-refractivity contribution in [1.82, 2.24) is 9.80 Å². The van der Waals surface area contributed by atoms with Gasteiger partial charge in [-0.1, -0.05) is 12.1 Å². The van der Waals surface area contributed by atoms with Gasteiger partial charge in [-0.05, 0) is 44.4 Å². The van der Waals surface area contributed by atoms with Crippen molar-refractivity contribution in [2.45, 2.75) is 51.0 Å². The third-order valence-corrected chi connectivity index (χ3v) is 5.28. The fraction of sp³-hybridized carbons (Fsp3) is 0.714. The maximum Gasteiger partial charge on any atom is 0.119 e. The van der Waals surface area contributed by atoms with Gasteiger partial charge in [0.15, 0.2) is 0 Å². The van der Waals surface area contributed by atoms with Crippen molar-refractivity contribution in [1.29, 1.82) is 0 Å². The number of hydrogen-bond donors (Lipinski definition) is 2. The van der Waals surface area contributed by atoms with Gasteiger partial charge in [-0.2, -0.15) is 0 Å². The van der Waals surface area contributed by atoms with E-state index in [1.54, 1.807) is 0 Å². The summed E-state index contributed by atoms with van der Waals surface area (Å²) in [5.41, 5.74) is 1.12. The van der Waals surface area contributed by atoms with Gasteiger partial charge in [-0.25, -0.2) is 0 Å². The number of aliphatic hydroxyl groups excluding tert-OH is 2. The van der Waals surface area contributed by atoms with Crippen molar-refractivity contribution in [3.8, 4) is 5.75 Å². The van der Waals surface area contributed by atoms with Gasteiger partial charge < -0.3 is 24.6 Å². The summed E-state index contributed by atoms with van der Waals surface area (Å²) in [6.07, 6.45) is 0.862. The van der Waals surface area contributed by atoms with Crippen LogP contribution in [0.25, 0.3) is 0 Å². The van der Waals surface area contributed by atoms with Gasteiger partial charge in [0.1, 0.15) is 18.5 Å². The van der Waals surface area contributed by atoms with E-state index in [0.29, 0.717) is 6.54 Å². The van der Waals surface area contributed by atoms with E-state index in [1.165, 1.54) is 5.56 Å². The summed E-state index contributed by atoms with van der Waals surface area (Å²) in [5.74, 6) is 0.799. The number of piperidine rings is 1. The molecule has 2 aliphatic rings. The maximum absolute atomic E-state index is 10.3. The lowest BCUT2D eigenvalue weighted by Gasteiger charge is -2.38. The molecule has 0 aromatic heterocycles. The van der Waals surface area contributed by atoms with Crippen LogP contribution in [-0.2, 0) is 11.3 Å². The summed E-state index contributed by atoms with van der Waals surface area (Å²) < 4.78 is 11.6. The number of morpholine rings is 1. The Kier molecular flexibility index (Phi) is 7.11. The average Bonchev–Trinajstić information content (AvgIpc) is 2.61. The summed E-state index contributed by atoms with van der Waals surface area (Å²) in [6, 6.07) is 8.13. The van der Waals surface area contributed by atoms with Crippen LogP contribution in [0.1, 0.15) is 32.3 Å². The SMILES string of the molecule is CC1(C)CN(Cc2cccc(OC[C@@H](O)CN3CCC(O)CC3)c2)CCO1. The van der Waals surface area contributed by atoms with E-state index >= 15 is 0 Å². The highest BCUT2D eigenvalue weighted by Crippen LogP contribution is 2.20. The van der Waals surface area contributed by atoms with E-state index in [-0.39, 0.29) is 18.3 Å². The van der Waals surface area contributed by atoms with Crippen LogP contribution < -0.4 is 4.74 Å². The van der Waals surface area contributed by atoms with Crippen molar-refractivity contribution < 1.29 is 19.7 Å². The number of β-amino-alcohol motifs (C(OH)–C–C–N with tert-alkyl or cyclic N) is 1. The molecule has 152 valence electrons. The quantitative estimate of drug-likeness (QED) is 0.750. The van der Waals surface area contributed by atoms with E-state index in [9.17, 15) is 10.2 Å². The molecule has 0 aliphatic carbocycles. The number of aliphatic hydroxyl groups is 2. The first-order valence-electron chi connectivity index (χ1n) is 10.1. The molecule has 0 bridgehead atoms. The number of likely N-dealkylation sites (tertiary alicyclic amines) is 1. The molecule has 27 heavy (non-hydrogen) atoms. The predicted octanol–water partition coefficient (Wildman–Crippen LogP) is 1.49. The lowest BCUT2D eigenvalue weighted by molar-refractivity contribution is -0.0882. The van der Waals surface area contributed by atoms with Crippen molar-refractivity contribution in [2.75, 3.05) is 45.9 Å². The monoisotopic (exact) mass is 378 g/mol. The molecule has 6 heteroatoms. The van der Waals surface area contributed by atoms with E-state index in [0.717, 1.165) is 57.9 Å². The smallest absolute Gasteiger partial charge is 0.119 e. The fourth-order valence-corrected chi connectivity index (χ4v) is 3.89. The van der Waals surface area contributed by atoms with Crippen LogP contribution in [-0.4, -0.2) is 83.8 Å². The normalized spacial score (nSPS) is 23.3. The van der Waals surface area contributed by atoms with Crippen molar-refractivity contribution in [2.24, 2.45) is 0 Å². The molecule has 1 aromatic carbocycles. The molecule has 6 nitrogen and oxygen atoms in total. The fourth-order valence-electron chi connectivity index (χ4n) is 3.89. The molecule has 1 aromatic rings. The Morgan fingerprint density at radius 2 is 2.00 bits per heavy atom. The van der Waals surface area contributed by atoms with Crippen LogP contribution in [0.3, 0.4) is 0 Å². The average molecular weight is 379 g/mol. The molecule has 1 atom stereocenters. The molecule has 0 saturated carbocycles. The first kappa shape index (κ1) is 20.6. The second kappa shape index (κ2) is 9.34. The Hall–Kier alpha value is -1.18. The maximum atomic E-state index is 10.3. The molecule has 2 heterocycles. The Morgan fingerprint density at radius 3 is 2.74 bits per heavy atom. The van der Waals surface area contributed by atoms with Crippen LogP contribution in [0.5, 0.6) is 5.75 Å². The first-order chi connectivity index (χ1) is 12.9. The molecule has 0 amide bonds. The van der Waals surface area contributed by atoms with E-state index in [2.05, 4.69) is 35.8 Å². The largest absolute Gasteiger partial charge is 0.491 e. The number of hydrogen-bond acceptors (Lipinski definition) is 6. The van der Waals surface area contributed by atoms with Gasteiger partial charge in [0.2, 0.25) is 0 Å². The van der Waals surface area contributed by atoms with Crippen molar-refractivity contribution >= 4 is 0 Å². The van der Waals surface area contributed by atoms with Crippen LogP contribution in [0.15, 0.2) is 24.3 Å². The summed E-state index contributed by atoms with van der Waals surface area (Å²) in [6.45, 7) is 10.3. The molecule has 3 rings (SSSR count). The summed E-state index contributed by atoms with van der Waals surface area (Å²) >= 11 is 0. The number of nitrogens with zero attached hydrogens (tertiary/aromatic N) is 2.